The SMILES string of the molecule is NC(=O)c1cc(-c2ccncc2)nn1CCF. The van der Waals surface area contributed by atoms with Gasteiger partial charge < -0.3 is 5.73 Å². The normalized spacial score (nSPS) is 10.4. The van der Waals surface area contributed by atoms with Crippen molar-refractivity contribution in [2.24, 2.45) is 5.73 Å². The minimum atomic E-state index is -0.619. The number of hydrogen-bond donors (Lipinski definition) is 1. The Morgan fingerprint density at radius 3 is 2.71 bits per heavy atom. The van der Waals surface area contributed by atoms with Crippen molar-refractivity contribution in [2.45, 2.75) is 6.54 Å². The van der Waals surface area contributed by atoms with Crippen LogP contribution in [0.4, 0.5) is 4.39 Å². The van der Waals surface area contributed by atoms with E-state index in [1.165, 1.54) is 4.68 Å². The molecule has 2 aromatic rings. The Morgan fingerprint density at radius 2 is 2.12 bits per heavy atom. The van der Waals surface area contributed by atoms with Gasteiger partial charge in [-0.15, -0.1) is 0 Å². The number of nitrogens with two attached hydrogens (primary N) is 1. The summed E-state index contributed by atoms with van der Waals surface area (Å²) < 4.78 is 13.6. The van der Waals surface area contributed by atoms with Crippen molar-refractivity contribution in [1.82, 2.24) is 14.8 Å². The fourth-order valence-electron chi connectivity index (χ4n) is 1.53. The Kier molecular flexibility index (Phi) is 3.13. The highest BCUT2D eigenvalue weighted by Crippen LogP contribution is 2.18. The van der Waals surface area contributed by atoms with Gasteiger partial charge in [0.2, 0.25) is 0 Å². The molecule has 0 aliphatic carbocycles. The van der Waals surface area contributed by atoms with Crippen molar-refractivity contribution < 1.29 is 9.18 Å². The maximum atomic E-state index is 12.3. The average Bonchev–Trinajstić information content (AvgIpc) is 2.75. The second kappa shape index (κ2) is 4.73. The van der Waals surface area contributed by atoms with Gasteiger partial charge >= 0.3 is 0 Å². The molecule has 0 saturated carbocycles. The van der Waals surface area contributed by atoms with E-state index in [0.29, 0.717) is 5.69 Å². The maximum absolute atomic E-state index is 12.3. The van der Waals surface area contributed by atoms with Crippen LogP contribution in [0.2, 0.25) is 0 Å². The predicted molar refractivity (Wildman–Crippen MR) is 60.0 cm³/mol. The summed E-state index contributed by atoms with van der Waals surface area (Å²) in [6.07, 6.45) is 3.24. The smallest absolute Gasteiger partial charge is 0.266 e. The minimum Gasteiger partial charge on any atom is -0.364 e. The van der Waals surface area contributed by atoms with E-state index >= 15 is 0 Å². The summed E-state index contributed by atoms with van der Waals surface area (Å²) in [5, 5.41) is 4.14. The first-order chi connectivity index (χ1) is 8.22. The van der Waals surface area contributed by atoms with Crippen LogP contribution in [-0.2, 0) is 6.54 Å². The predicted octanol–water partition coefficient (Wildman–Crippen LogP) is 1.01. The Balaban J connectivity index is 2.44. The molecule has 0 radical (unpaired) electrons. The highest BCUT2D eigenvalue weighted by molar-refractivity contribution is 5.92. The molecular weight excluding hydrogens is 223 g/mol. The van der Waals surface area contributed by atoms with Crippen LogP contribution in [0.3, 0.4) is 0 Å². The molecule has 0 saturated heterocycles. The molecule has 0 aliphatic rings. The number of amides is 1. The summed E-state index contributed by atoms with van der Waals surface area (Å²) >= 11 is 0. The van der Waals surface area contributed by atoms with Crippen LogP contribution < -0.4 is 5.73 Å². The molecule has 2 N–H and O–H groups in total. The van der Waals surface area contributed by atoms with E-state index in [2.05, 4.69) is 10.1 Å². The zero-order valence-corrected chi connectivity index (χ0v) is 9.01. The average molecular weight is 234 g/mol. The van der Waals surface area contributed by atoms with Gasteiger partial charge in [0.25, 0.3) is 5.91 Å². The van der Waals surface area contributed by atoms with E-state index < -0.39 is 12.6 Å². The van der Waals surface area contributed by atoms with Crippen molar-refractivity contribution in [3.63, 3.8) is 0 Å². The quantitative estimate of drug-likeness (QED) is 0.858. The van der Waals surface area contributed by atoms with Crippen molar-refractivity contribution in [3.05, 3.63) is 36.3 Å². The molecule has 88 valence electrons. The van der Waals surface area contributed by atoms with E-state index in [0.717, 1.165) is 5.56 Å². The first-order valence-corrected chi connectivity index (χ1v) is 5.06. The van der Waals surface area contributed by atoms with Crippen LogP contribution in [0.15, 0.2) is 30.6 Å². The fourth-order valence-corrected chi connectivity index (χ4v) is 1.53. The number of nitrogens with zero attached hydrogens (tertiary/aromatic N) is 3. The molecule has 2 aromatic heterocycles. The maximum Gasteiger partial charge on any atom is 0.266 e. The van der Waals surface area contributed by atoms with Gasteiger partial charge in [0.15, 0.2) is 0 Å². The van der Waals surface area contributed by atoms with Crippen LogP contribution in [0.5, 0.6) is 0 Å². The first-order valence-electron chi connectivity index (χ1n) is 5.06. The van der Waals surface area contributed by atoms with Gasteiger partial charge in [0.05, 0.1) is 12.2 Å². The van der Waals surface area contributed by atoms with E-state index in [-0.39, 0.29) is 12.2 Å². The summed E-state index contributed by atoms with van der Waals surface area (Å²) in [6, 6.07) is 5.06. The molecule has 2 heterocycles. The van der Waals surface area contributed by atoms with Crippen LogP contribution in [0.25, 0.3) is 11.3 Å². The second-order valence-electron chi connectivity index (χ2n) is 3.43. The van der Waals surface area contributed by atoms with Gasteiger partial charge in [-0.2, -0.15) is 5.10 Å². The molecule has 0 atom stereocenters. The molecule has 1 amide bonds. The number of rotatable bonds is 4. The molecule has 0 aliphatic heterocycles. The largest absolute Gasteiger partial charge is 0.364 e. The highest BCUT2D eigenvalue weighted by Gasteiger charge is 2.13. The van der Waals surface area contributed by atoms with Gasteiger partial charge in [0.1, 0.15) is 12.4 Å². The van der Waals surface area contributed by atoms with Crippen molar-refractivity contribution in [3.8, 4) is 11.3 Å². The highest BCUT2D eigenvalue weighted by atomic mass is 19.1. The zero-order valence-electron chi connectivity index (χ0n) is 9.01. The van der Waals surface area contributed by atoms with E-state index in [1.54, 1.807) is 30.6 Å². The molecule has 0 fully saturated rings. The number of aromatic nitrogens is 3. The van der Waals surface area contributed by atoms with Gasteiger partial charge in [-0.25, -0.2) is 4.39 Å². The molecule has 2 rings (SSSR count). The number of aryl methyl sites for hydroxylation is 1. The number of halogens is 1. The third-order valence-electron chi connectivity index (χ3n) is 2.30. The molecule has 5 nitrogen and oxygen atoms in total. The number of alkyl halides is 1. The lowest BCUT2D eigenvalue weighted by Gasteiger charge is -1.99. The van der Waals surface area contributed by atoms with Gasteiger partial charge in [-0.05, 0) is 18.2 Å². The van der Waals surface area contributed by atoms with Gasteiger partial charge in [0, 0.05) is 18.0 Å². The van der Waals surface area contributed by atoms with Crippen molar-refractivity contribution in [1.29, 1.82) is 0 Å². The van der Waals surface area contributed by atoms with Crippen molar-refractivity contribution >= 4 is 5.91 Å². The zero-order chi connectivity index (χ0) is 12.3. The van der Waals surface area contributed by atoms with E-state index in [9.17, 15) is 9.18 Å². The lowest BCUT2D eigenvalue weighted by molar-refractivity contribution is 0.0989. The number of carbonyl (C=O) groups excluding carboxylic acids is 1. The lowest BCUT2D eigenvalue weighted by atomic mass is 10.2. The number of hydrogen-bond acceptors (Lipinski definition) is 3. The minimum absolute atomic E-state index is 0.0172. The van der Waals surface area contributed by atoms with Gasteiger partial charge in [-0.1, -0.05) is 0 Å². The molecule has 0 unspecified atom stereocenters. The fraction of sp³-hybridized carbons (Fsp3) is 0.182. The Labute approximate surface area is 97.1 Å². The van der Waals surface area contributed by atoms with E-state index in [4.69, 9.17) is 5.73 Å². The Hall–Kier alpha value is -2.24. The number of primary amides is 1. The van der Waals surface area contributed by atoms with Crippen LogP contribution in [-0.4, -0.2) is 27.3 Å². The number of pyridine rings is 1. The molecule has 0 aromatic carbocycles. The van der Waals surface area contributed by atoms with Crippen LogP contribution in [0.1, 0.15) is 10.5 Å². The molecule has 0 bridgehead atoms. The molecule has 6 heteroatoms. The lowest BCUT2D eigenvalue weighted by Crippen LogP contribution is -2.18. The van der Waals surface area contributed by atoms with Gasteiger partial charge in [-0.3, -0.25) is 14.5 Å². The summed E-state index contributed by atoms with van der Waals surface area (Å²) in [5.74, 6) is -0.619. The van der Waals surface area contributed by atoms with Crippen LogP contribution >= 0.6 is 0 Å². The number of carbonyl (C=O) groups is 1. The Morgan fingerprint density at radius 1 is 1.41 bits per heavy atom. The third kappa shape index (κ3) is 2.30. The summed E-state index contributed by atoms with van der Waals surface area (Å²) in [4.78, 5) is 15.1. The topological polar surface area (TPSA) is 73.8 Å². The standard InChI is InChI=1S/C11H11FN4O/c12-3-6-16-10(11(13)17)7-9(15-16)8-1-4-14-5-2-8/h1-2,4-5,7H,3,6H2,(H2,13,17). The first kappa shape index (κ1) is 11.3. The molecule has 17 heavy (non-hydrogen) atoms. The summed E-state index contributed by atoms with van der Waals surface area (Å²) in [7, 11) is 0. The van der Waals surface area contributed by atoms with E-state index in [1.807, 2.05) is 0 Å². The monoisotopic (exact) mass is 234 g/mol. The molecule has 0 spiro atoms. The second-order valence-corrected chi connectivity index (χ2v) is 3.43. The molecular formula is C11H11FN4O. The third-order valence-corrected chi connectivity index (χ3v) is 2.30. The summed E-state index contributed by atoms with van der Waals surface area (Å²) in [5.41, 5.74) is 6.79. The van der Waals surface area contributed by atoms with Crippen molar-refractivity contribution in [2.75, 3.05) is 6.67 Å². The Bertz CT molecular complexity index is 524. The summed E-state index contributed by atoms with van der Waals surface area (Å²) in [6.45, 7) is -0.582. The van der Waals surface area contributed by atoms with Crippen LogP contribution in [0, 0.1) is 0 Å².